The highest BCUT2D eigenvalue weighted by Gasteiger charge is 2.21. The van der Waals surface area contributed by atoms with Gasteiger partial charge in [0.15, 0.2) is 0 Å². The number of hydrogen-bond donors (Lipinski definition) is 4. The second-order valence-electron chi connectivity index (χ2n) is 12.3. The van der Waals surface area contributed by atoms with Gasteiger partial charge in [-0.3, -0.25) is 9.59 Å². The van der Waals surface area contributed by atoms with E-state index in [4.69, 9.17) is 21.8 Å². The fourth-order valence-corrected chi connectivity index (χ4v) is 8.26. The molecule has 4 N–H and O–H groups in total. The van der Waals surface area contributed by atoms with Crippen molar-refractivity contribution in [3.05, 3.63) is 58.6 Å². The minimum Gasteiger partial charge on any atom is -0.481 e. The summed E-state index contributed by atoms with van der Waals surface area (Å²) in [6, 6.07) is 11.2. The van der Waals surface area contributed by atoms with Gasteiger partial charge in [0.25, 0.3) is 0 Å². The van der Waals surface area contributed by atoms with Crippen molar-refractivity contribution in [3.8, 4) is 0 Å². The van der Waals surface area contributed by atoms with E-state index >= 15 is 0 Å². The largest absolute Gasteiger partial charge is 0.481 e. The molecule has 0 saturated heterocycles. The summed E-state index contributed by atoms with van der Waals surface area (Å²) in [7, 11) is -7.60. The Morgan fingerprint density at radius 2 is 1.02 bits per heavy atom. The molecule has 0 spiro atoms. The lowest BCUT2D eigenvalue weighted by molar-refractivity contribution is -0.138. The highest BCUT2D eigenvalue weighted by molar-refractivity contribution is 7.89. The summed E-state index contributed by atoms with van der Waals surface area (Å²) in [4.78, 5) is 21.3. The number of carbonyl (C=O) groups is 2. The predicted octanol–water partition coefficient (Wildman–Crippen LogP) is 7.68. The van der Waals surface area contributed by atoms with Gasteiger partial charge in [-0.1, -0.05) is 107 Å². The van der Waals surface area contributed by atoms with Crippen LogP contribution in [0.5, 0.6) is 0 Å². The van der Waals surface area contributed by atoms with Gasteiger partial charge in [0, 0.05) is 37.4 Å². The van der Waals surface area contributed by atoms with Crippen molar-refractivity contribution in [2.24, 2.45) is 0 Å². The van der Waals surface area contributed by atoms with Crippen molar-refractivity contribution < 1.29 is 36.6 Å². The topological polar surface area (TPSA) is 167 Å². The molecule has 0 atom stereocenters. The van der Waals surface area contributed by atoms with Crippen LogP contribution in [-0.2, 0) is 36.1 Å². The van der Waals surface area contributed by atoms with Gasteiger partial charge in [-0.25, -0.2) is 26.3 Å². The number of hydrogen-bond acceptors (Lipinski definition) is 6. The molecule has 270 valence electrons. The Morgan fingerprint density at radius 1 is 0.583 bits per heavy atom. The second-order valence-corrected chi connectivity index (χ2v) is 16.2. The third-order valence-electron chi connectivity index (χ3n) is 8.17. The Labute approximate surface area is 292 Å². The Balaban J connectivity index is 1.82. The number of sulfonamides is 2. The van der Waals surface area contributed by atoms with Gasteiger partial charge < -0.3 is 10.2 Å². The molecule has 10 nitrogen and oxygen atoms in total. The van der Waals surface area contributed by atoms with E-state index in [1.165, 1.54) is 12.1 Å². The monoisotopic (exact) mass is 728 g/mol. The van der Waals surface area contributed by atoms with Gasteiger partial charge in [-0.05, 0) is 61.1 Å². The first-order valence-corrected chi connectivity index (χ1v) is 20.6. The van der Waals surface area contributed by atoms with Crippen LogP contribution in [0.1, 0.15) is 127 Å². The molecule has 0 unspecified atom stereocenters. The minimum absolute atomic E-state index is 0.0722. The lowest BCUT2D eigenvalue weighted by atomic mass is 10.1. The van der Waals surface area contributed by atoms with Crippen LogP contribution in [-0.4, -0.2) is 52.1 Å². The standard InChI is InChI=1S/C35H53ClN2O8S2/c36-32-21-18-22-33(48(45,46)38-26-16-12-8-4-2-6-10-14-24-35(41)42)31(32)28-29-19-17-20-30(27-29)47(43,44)37-25-15-11-7-3-1-5-9-13-23-34(39)40/h17-22,27,37-38H,1-16,23-26,28H2,(H,39,40)(H,41,42). The van der Waals surface area contributed by atoms with E-state index in [-0.39, 0.29) is 34.1 Å². The maximum atomic E-state index is 13.3. The highest BCUT2D eigenvalue weighted by atomic mass is 35.5. The molecule has 0 aliphatic rings. The van der Waals surface area contributed by atoms with Crippen LogP contribution in [0, 0.1) is 0 Å². The fourth-order valence-electron chi connectivity index (χ4n) is 5.49. The first-order valence-electron chi connectivity index (χ1n) is 17.2. The van der Waals surface area contributed by atoms with Crippen molar-refractivity contribution in [1.29, 1.82) is 0 Å². The molecule has 0 fully saturated rings. The summed E-state index contributed by atoms with van der Waals surface area (Å²) in [5.41, 5.74) is 1.02. The molecular weight excluding hydrogens is 676 g/mol. The van der Waals surface area contributed by atoms with Gasteiger partial charge >= 0.3 is 11.9 Å². The molecule has 48 heavy (non-hydrogen) atoms. The zero-order chi connectivity index (χ0) is 35.3. The zero-order valence-corrected chi connectivity index (χ0v) is 30.3. The summed E-state index contributed by atoms with van der Waals surface area (Å²) < 4.78 is 57.9. The third-order valence-corrected chi connectivity index (χ3v) is 11.5. The van der Waals surface area contributed by atoms with E-state index in [2.05, 4.69) is 9.44 Å². The molecule has 13 heteroatoms. The molecule has 0 aliphatic heterocycles. The highest BCUT2D eigenvalue weighted by Crippen LogP contribution is 2.27. The van der Waals surface area contributed by atoms with E-state index in [0.29, 0.717) is 49.9 Å². The average molecular weight is 729 g/mol. The predicted molar refractivity (Wildman–Crippen MR) is 189 cm³/mol. The zero-order valence-electron chi connectivity index (χ0n) is 27.9. The van der Waals surface area contributed by atoms with Crippen molar-refractivity contribution in [2.45, 2.75) is 132 Å². The van der Waals surface area contributed by atoms with Crippen LogP contribution in [0.25, 0.3) is 0 Å². The molecule has 0 radical (unpaired) electrons. The van der Waals surface area contributed by atoms with E-state index in [1.807, 2.05) is 0 Å². The molecule has 0 heterocycles. The van der Waals surface area contributed by atoms with Crippen LogP contribution in [0.4, 0.5) is 0 Å². The van der Waals surface area contributed by atoms with Crippen LogP contribution >= 0.6 is 11.6 Å². The Hall–Kier alpha value is -2.51. The molecule has 0 amide bonds. The Kier molecular flexibility index (Phi) is 20.0. The summed E-state index contributed by atoms with van der Waals surface area (Å²) in [5.74, 6) is -1.52. The number of unbranched alkanes of at least 4 members (excludes halogenated alkanes) is 14. The Morgan fingerprint density at radius 3 is 1.52 bits per heavy atom. The second kappa shape index (κ2) is 23.0. The van der Waals surface area contributed by atoms with Gasteiger partial charge in [-0.15, -0.1) is 0 Å². The number of nitrogens with one attached hydrogen (secondary N) is 2. The lowest BCUT2D eigenvalue weighted by Gasteiger charge is -2.14. The number of carboxylic acid groups (broad SMARTS) is 2. The Bertz CT molecular complexity index is 1480. The van der Waals surface area contributed by atoms with Crippen LogP contribution in [0.3, 0.4) is 0 Å². The minimum atomic E-state index is -3.85. The number of aliphatic carboxylic acids is 2. The van der Waals surface area contributed by atoms with Gasteiger partial charge in [0.1, 0.15) is 0 Å². The lowest BCUT2D eigenvalue weighted by Crippen LogP contribution is -2.26. The van der Waals surface area contributed by atoms with Gasteiger partial charge in [-0.2, -0.15) is 0 Å². The smallest absolute Gasteiger partial charge is 0.303 e. The number of rotatable bonds is 28. The van der Waals surface area contributed by atoms with Gasteiger partial charge in [0.2, 0.25) is 20.0 Å². The molecule has 0 bridgehead atoms. The van der Waals surface area contributed by atoms with Crippen molar-refractivity contribution in [2.75, 3.05) is 13.1 Å². The van der Waals surface area contributed by atoms with Crippen molar-refractivity contribution in [3.63, 3.8) is 0 Å². The van der Waals surface area contributed by atoms with Crippen LogP contribution in [0.2, 0.25) is 5.02 Å². The fraction of sp³-hybridized carbons (Fsp3) is 0.600. The summed E-state index contributed by atoms with van der Waals surface area (Å²) >= 11 is 6.48. The number of halogens is 1. The molecule has 0 saturated carbocycles. The van der Waals surface area contributed by atoms with Crippen LogP contribution < -0.4 is 9.44 Å². The normalized spacial score (nSPS) is 11.9. The van der Waals surface area contributed by atoms with Crippen molar-refractivity contribution >= 4 is 43.6 Å². The van der Waals surface area contributed by atoms with E-state index in [9.17, 15) is 26.4 Å². The van der Waals surface area contributed by atoms with Gasteiger partial charge in [0.05, 0.1) is 9.79 Å². The molecular formula is C35H53ClN2O8S2. The molecule has 2 aromatic rings. The maximum Gasteiger partial charge on any atom is 0.303 e. The summed E-state index contributed by atoms with van der Waals surface area (Å²) in [5, 5.41) is 17.6. The summed E-state index contributed by atoms with van der Waals surface area (Å²) in [6.45, 7) is 0.610. The van der Waals surface area contributed by atoms with E-state index in [0.717, 1.165) is 77.0 Å². The molecule has 0 aromatic heterocycles. The quantitative estimate of drug-likeness (QED) is 0.0648. The number of carboxylic acids is 2. The van der Waals surface area contributed by atoms with E-state index < -0.39 is 32.0 Å². The van der Waals surface area contributed by atoms with Crippen LogP contribution in [0.15, 0.2) is 52.3 Å². The average Bonchev–Trinajstić information content (AvgIpc) is 3.03. The summed E-state index contributed by atoms with van der Waals surface area (Å²) in [6.07, 6.45) is 15.1. The maximum absolute atomic E-state index is 13.3. The van der Waals surface area contributed by atoms with E-state index in [1.54, 1.807) is 30.3 Å². The molecule has 2 aromatic carbocycles. The van der Waals surface area contributed by atoms with Crippen molar-refractivity contribution in [1.82, 2.24) is 9.44 Å². The number of benzene rings is 2. The first kappa shape index (κ1) is 41.7. The molecule has 2 rings (SSSR count). The first-order chi connectivity index (χ1) is 22.9. The third kappa shape index (κ3) is 17.2. The SMILES string of the molecule is O=C(O)CCCCCCCCCCNS(=O)(=O)c1cccc(Cc2c(Cl)cccc2S(=O)(=O)NCCCCCCCCCCC(=O)O)c1. The molecule has 0 aliphatic carbocycles.